The van der Waals surface area contributed by atoms with Crippen LogP contribution >= 0.6 is 11.6 Å². The number of nitrogens with two attached hydrogens (primary N) is 1. The predicted octanol–water partition coefficient (Wildman–Crippen LogP) is 2.38. The van der Waals surface area contributed by atoms with Gasteiger partial charge in [-0.05, 0) is 42.5 Å². The molecule has 0 saturated carbocycles. The number of fused-ring (bicyclic) bond motifs is 1. The Bertz CT molecular complexity index is 1210. The summed E-state index contributed by atoms with van der Waals surface area (Å²) in [5, 5.41) is 18.1. The number of hydrogen-bond acceptors (Lipinski definition) is 9. The van der Waals surface area contributed by atoms with E-state index >= 15 is 0 Å². The number of benzene rings is 2. The maximum atomic E-state index is 11.4. The summed E-state index contributed by atoms with van der Waals surface area (Å²) in [6.07, 6.45) is 1.54. The van der Waals surface area contributed by atoms with Gasteiger partial charge in [0.25, 0.3) is 0 Å². The lowest BCUT2D eigenvalue weighted by molar-refractivity contribution is 0.174. The number of primary sulfonamides is 1. The van der Waals surface area contributed by atoms with Gasteiger partial charge in [-0.1, -0.05) is 11.6 Å². The van der Waals surface area contributed by atoms with Gasteiger partial charge in [0.2, 0.25) is 22.8 Å². The van der Waals surface area contributed by atoms with Crippen LogP contribution in [0.25, 0.3) is 0 Å². The van der Waals surface area contributed by atoms with Crippen LogP contribution in [0.1, 0.15) is 0 Å². The number of anilines is 4. The molecule has 0 saturated heterocycles. The second-order valence-corrected chi connectivity index (χ2v) is 8.41. The van der Waals surface area contributed by atoms with Crippen molar-refractivity contribution in [3.63, 3.8) is 0 Å². The molecule has 2 aromatic carbocycles. The number of aliphatic hydroxyl groups excluding tert-OH is 1. The van der Waals surface area contributed by atoms with Gasteiger partial charge < -0.3 is 24.8 Å². The Morgan fingerprint density at radius 2 is 1.94 bits per heavy atom. The minimum absolute atomic E-state index is 0.00312. The van der Waals surface area contributed by atoms with Crippen LogP contribution in [0.2, 0.25) is 5.02 Å². The molecule has 3 aromatic rings. The molecule has 2 heterocycles. The van der Waals surface area contributed by atoms with Gasteiger partial charge in [-0.3, -0.25) is 0 Å². The molecule has 1 aliphatic heterocycles. The zero-order valence-electron chi connectivity index (χ0n) is 16.0. The Morgan fingerprint density at radius 1 is 1.16 bits per heavy atom. The minimum atomic E-state index is -3.78. The van der Waals surface area contributed by atoms with Crippen molar-refractivity contribution >= 4 is 44.8 Å². The lowest BCUT2D eigenvalue weighted by atomic mass is 10.2. The van der Waals surface area contributed by atoms with E-state index in [9.17, 15) is 13.5 Å². The van der Waals surface area contributed by atoms with E-state index in [1.807, 2.05) is 0 Å². The first-order valence-electron chi connectivity index (χ1n) is 9.06. The van der Waals surface area contributed by atoms with Gasteiger partial charge in [-0.2, -0.15) is 4.98 Å². The molecule has 0 radical (unpaired) electrons. The molecule has 10 nitrogen and oxygen atoms in total. The van der Waals surface area contributed by atoms with Crippen molar-refractivity contribution < 1.29 is 23.0 Å². The first-order valence-corrected chi connectivity index (χ1v) is 11.0. The monoisotopic (exact) mass is 463 g/mol. The largest absolute Gasteiger partial charge is 0.454 e. The molecule has 4 N–H and O–H groups in total. The quantitative estimate of drug-likeness (QED) is 0.481. The normalized spacial score (nSPS) is 12.6. The third-order valence-corrected chi connectivity index (χ3v) is 5.65. The van der Waals surface area contributed by atoms with Crippen molar-refractivity contribution in [3.05, 3.63) is 53.7 Å². The molecule has 162 valence electrons. The van der Waals surface area contributed by atoms with Gasteiger partial charge in [0.1, 0.15) is 11.5 Å². The summed E-state index contributed by atoms with van der Waals surface area (Å²) in [6, 6.07) is 10.9. The number of sulfonamides is 1. The van der Waals surface area contributed by atoms with Crippen molar-refractivity contribution in [1.82, 2.24) is 9.97 Å². The SMILES string of the molecule is NS(=O)(=O)c1ccc(Nc2nccc(N(CCO)c3c(Cl)ccc4c3OCO4)n2)cc1. The fourth-order valence-corrected chi connectivity index (χ4v) is 3.81. The molecule has 0 amide bonds. The Morgan fingerprint density at radius 3 is 2.65 bits per heavy atom. The van der Waals surface area contributed by atoms with Crippen LogP contribution < -0.4 is 24.8 Å². The van der Waals surface area contributed by atoms with Crippen molar-refractivity contribution in [3.8, 4) is 11.5 Å². The smallest absolute Gasteiger partial charge is 0.238 e. The van der Waals surface area contributed by atoms with Crippen molar-refractivity contribution in [2.75, 3.05) is 30.2 Å². The maximum absolute atomic E-state index is 11.4. The van der Waals surface area contributed by atoms with E-state index in [2.05, 4.69) is 15.3 Å². The van der Waals surface area contributed by atoms with Crippen LogP contribution in [0.15, 0.2) is 53.6 Å². The summed E-state index contributed by atoms with van der Waals surface area (Å²) in [5.74, 6) is 1.72. The highest BCUT2D eigenvalue weighted by Gasteiger charge is 2.26. The number of nitrogens with one attached hydrogen (secondary N) is 1. The summed E-state index contributed by atoms with van der Waals surface area (Å²) < 4.78 is 33.8. The van der Waals surface area contributed by atoms with Crippen molar-refractivity contribution in [2.24, 2.45) is 5.14 Å². The van der Waals surface area contributed by atoms with Gasteiger partial charge in [0, 0.05) is 18.4 Å². The lowest BCUT2D eigenvalue weighted by Crippen LogP contribution is -2.23. The number of ether oxygens (including phenoxy) is 2. The van der Waals surface area contributed by atoms with Crippen LogP contribution in [0.3, 0.4) is 0 Å². The molecule has 1 aliphatic rings. The maximum Gasteiger partial charge on any atom is 0.238 e. The Balaban J connectivity index is 1.66. The van der Waals surface area contributed by atoms with Crippen LogP contribution in [-0.4, -0.2) is 43.4 Å². The third kappa shape index (κ3) is 4.49. The highest BCUT2D eigenvalue weighted by atomic mass is 35.5. The molecule has 0 bridgehead atoms. The molecule has 1 aromatic heterocycles. The van der Waals surface area contributed by atoms with Gasteiger partial charge >= 0.3 is 0 Å². The zero-order valence-corrected chi connectivity index (χ0v) is 17.6. The Hall–Kier alpha value is -3.12. The standard InChI is InChI=1S/C19H18ClN5O5S/c20-14-5-6-15-18(30-11-29-15)17(14)25(9-10-26)16-7-8-22-19(24-16)23-12-1-3-13(4-2-12)31(21,27)28/h1-8,26H,9-11H2,(H2,21,27,28)(H,22,23,24). The number of hydrogen-bond donors (Lipinski definition) is 3. The van der Waals surface area contributed by atoms with Crippen LogP contribution in [-0.2, 0) is 10.0 Å². The number of aliphatic hydroxyl groups is 1. The number of nitrogens with zero attached hydrogens (tertiary/aromatic N) is 3. The summed E-state index contributed by atoms with van der Waals surface area (Å²) in [5.41, 5.74) is 1.08. The molecule has 12 heteroatoms. The fraction of sp³-hybridized carbons (Fsp3) is 0.158. The second kappa shape index (κ2) is 8.55. The summed E-state index contributed by atoms with van der Waals surface area (Å²) >= 11 is 6.43. The first-order chi connectivity index (χ1) is 14.9. The zero-order chi connectivity index (χ0) is 22.0. The van der Waals surface area contributed by atoms with E-state index in [4.69, 9.17) is 26.2 Å². The minimum Gasteiger partial charge on any atom is -0.454 e. The molecule has 0 spiro atoms. The third-order valence-electron chi connectivity index (χ3n) is 4.41. The average Bonchev–Trinajstić information content (AvgIpc) is 3.21. The fourth-order valence-electron chi connectivity index (χ4n) is 3.04. The summed E-state index contributed by atoms with van der Waals surface area (Å²) in [6.45, 7) is 0.0996. The molecular formula is C19H18ClN5O5S. The highest BCUT2D eigenvalue weighted by Crippen LogP contribution is 2.47. The predicted molar refractivity (Wildman–Crippen MR) is 115 cm³/mol. The van der Waals surface area contributed by atoms with Gasteiger partial charge in [-0.15, -0.1) is 0 Å². The van der Waals surface area contributed by atoms with E-state index in [0.29, 0.717) is 33.7 Å². The summed E-state index contributed by atoms with van der Waals surface area (Å²) in [7, 11) is -3.78. The topological polar surface area (TPSA) is 140 Å². The number of aromatic nitrogens is 2. The molecule has 0 aliphatic carbocycles. The molecule has 4 rings (SSSR count). The van der Waals surface area contributed by atoms with Crippen LogP contribution in [0.5, 0.6) is 11.5 Å². The van der Waals surface area contributed by atoms with Crippen LogP contribution in [0.4, 0.5) is 23.1 Å². The van der Waals surface area contributed by atoms with Crippen LogP contribution in [0, 0.1) is 0 Å². The Labute approximate surface area is 183 Å². The highest BCUT2D eigenvalue weighted by molar-refractivity contribution is 7.89. The molecule has 0 atom stereocenters. The molecule has 0 fully saturated rings. The average molecular weight is 464 g/mol. The lowest BCUT2D eigenvalue weighted by Gasteiger charge is -2.25. The van der Waals surface area contributed by atoms with Gasteiger partial charge in [0.05, 0.1) is 16.5 Å². The molecular weight excluding hydrogens is 446 g/mol. The van der Waals surface area contributed by atoms with E-state index in [1.54, 1.807) is 41.4 Å². The first kappa shape index (κ1) is 21.1. The Kier molecular flexibility index (Phi) is 5.83. The van der Waals surface area contributed by atoms with Crippen molar-refractivity contribution in [1.29, 1.82) is 0 Å². The molecule has 0 unspecified atom stereocenters. The van der Waals surface area contributed by atoms with E-state index < -0.39 is 10.0 Å². The van der Waals surface area contributed by atoms with Gasteiger partial charge in [-0.25, -0.2) is 18.5 Å². The van der Waals surface area contributed by atoms with E-state index in [0.717, 1.165) is 0 Å². The van der Waals surface area contributed by atoms with E-state index in [1.165, 1.54) is 12.1 Å². The van der Waals surface area contributed by atoms with Crippen molar-refractivity contribution in [2.45, 2.75) is 4.90 Å². The van der Waals surface area contributed by atoms with Gasteiger partial charge in [0.15, 0.2) is 11.5 Å². The molecule has 31 heavy (non-hydrogen) atoms. The summed E-state index contributed by atoms with van der Waals surface area (Å²) in [4.78, 5) is 10.4. The number of halogens is 1. The van der Waals surface area contributed by atoms with E-state index in [-0.39, 0.29) is 30.8 Å². The second-order valence-electron chi connectivity index (χ2n) is 6.44. The number of rotatable bonds is 7.